The van der Waals surface area contributed by atoms with Crippen LogP contribution < -0.4 is 19.5 Å². The van der Waals surface area contributed by atoms with Crippen LogP contribution in [0.25, 0.3) is 6.08 Å². The molecule has 5 heteroatoms. The van der Waals surface area contributed by atoms with Crippen LogP contribution in [0.3, 0.4) is 0 Å². The fourth-order valence-corrected chi connectivity index (χ4v) is 3.49. The minimum Gasteiger partial charge on any atom is -0.493 e. The summed E-state index contributed by atoms with van der Waals surface area (Å²) in [6, 6.07) is 12.0. The zero-order valence-corrected chi connectivity index (χ0v) is 16.0. The molecule has 142 valence electrons. The molecule has 0 saturated heterocycles. The Morgan fingerprint density at radius 2 is 1.78 bits per heavy atom. The molecule has 27 heavy (non-hydrogen) atoms. The van der Waals surface area contributed by atoms with Gasteiger partial charge in [-0.2, -0.15) is 0 Å². The molecule has 0 unspecified atom stereocenters. The first-order chi connectivity index (χ1) is 13.2. The minimum absolute atomic E-state index is 0.0621. The first-order valence-electron chi connectivity index (χ1n) is 9.02. The van der Waals surface area contributed by atoms with Crippen molar-refractivity contribution in [2.75, 3.05) is 21.3 Å². The summed E-state index contributed by atoms with van der Waals surface area (Å²) in [6.45, 7) is 0. The summed E-state index contributed by atoms with van der Waals surface area (Å²) < 4.78 is 16.0. The van der Waals surface area contributed by atoms with E-state index in [1.54, 1.807) is 39.5 Å². The number of carbonyl (C=O) groups excluding carboxylic acids is 1. The van der Waals surface area contributed by atoms with Gasteiger partial charge in [0.2, 0.25) is 11.7 Å². The predicted octanol–water partition coefficient (Wildman–Crippen LogP) is 3.92. The van der Waals surface area contributed by atoms with Crippen molar-refractivity contribution in [2.24, 2.45) is 0 Å². The standard InChI is InChI=1S/C22H25NO4/c1-25-19-13-15(14-20(26-2)22(19)27-3)11-12-21(24)23-18-10-6-8-16-7-4-5-9-17(16)18/h4-5,7,9,11-14,18H,6,8,10H2,1-3H3,(H,23,24)/b12-11+/t18-/m1/s1. The van der Waals surface area contributed by atoms with Gasteiger partial charge in [0.25, 0.3) is 0 Å². The van der Waals surface area contributed by atoms with Gasteiger partial charge in [-0.15, -0.1) is 0 Å². The van der Waals surface area contributed by atoms with E-state index in [2.05, 4.69) is 17.4 Å². The highest BCUT2D eigenvalue weighted by Gasteiger charge is 2.20. The average molecular weight is 367 g/mol. The lowest BCUT2D eigenvalue weighted by Crippen LogP contribution is -2.29. The Labute approximate surface area is 159 Å². The monoisotopic (exact) mass is 367 g/mol. The molecule has 5 nitrogen and oxygen atoms in total. The number of amides is 1. The molecule has 1 atom stereocenters. The Balaban J connectivity index is 1.74. The Morgan fingerprint density at radius 1 is 1.07 bits per heavy atom. The number of benzene rings is 2. The van der Waals surface area contributed by atoms with Crippen molar-refractivity contribution in [3.8, 4) is 17.2 Å². The van der Waals surface area contributed by atoms with Crippen LogP contribution in [0.2, 0.25) is 0 Å². The number of hydrogen-bond donors (Lipinski definition) is 1. The molecule has 0 aromatic heterocycles. The highest BCUT2D eigenvalue weighted by atomic mass is 16.5. The van der Waals surface area contributed by atoms with Gasteiger partial charge >= 0.3 is 0 Å². The number of ether oxygens (including phenoxy) is 3. The zero-order chi connectivity index (χ0) is 19.2. The van der Waals surface area contributed by atoms with Crippen LogP contribution in [0.4, 0.5) is 0 Å². The van der Waals surface area contributed by atoms with Crippen LogP contribution in [-0.4, -0.2) is 27.2 Å². The largest absolute Gasteiger partial charge is 0.493 e. The fourth-order valence-electron chi connectivity index (χ4n) is 3.49. The van der Waals surface area contributed by atoms with Crippen LogP contribution in [0.1, 0.15) is 35.6 Å². The van der Waals surface area contributed by atoms with Gasteiger partial charge in [-0.25, -0.2) is 0 Å². The van der Waals surface area contributed by atoms with Crippen molar-refractivity contribution < 1.29 is 19.0 Å². The van der Waals surface area contributed by atoms with Crippen molar-refractivity contribution in [1.82, 2.24) is 5.32 Å². The van der Waals surface area contributed by atoms with Gasteiger partial charge in [-0.05, 0) is 54.2 Å². The summed E-state index contributed by atoms with van der Waals surface area (Å²) in [5, 5.41) is 3.11. The first kappa shape index (κ1) is 18.8. The summed E-state index contributed by atoms with van der Waals surface area (Å²) >= 11 is 0. The third-order valence-corrected chi connectivity index (χ3v) is 4.80. The highest BCUT2D eigenvalue weighted by Crippen LogP contribution is 2.38. The fraction of sp³-hybridized carbons (Fsp3) is 0.318. The van der Waals surface area contributed by atoms with Gasteiger partial charge < -0.3 is 19.5 Å². The smallest absolute Gasteiger partial charge is 0.244 e. The van der Waals surface area contributed by atoms with Gasteiger partial charge in [0.1, 0.15) is 0 Å². The third-order valence-electron chi connectivity index (χ3n) is 4.80. The van der Waals surface area contributed by atoms with E-state index in [9.17, 15) is 4.79 Å². The second kappa shape index (κ2) is 8.62. The second-order valence-electron chi connectivity index (χ2n) is 6.44. The second-order valence-corrected chi connectivity index (χ2v) is 6.44. The number of fused-ring (bicyclic) bond motifs is 1. The van der Waals surface area contributed by atoms with Gasteiger partial charge in [0.05, 0.1) is 27.4 Å². The molecule has 0 aliphatic heterocycles. The van der Waals surface area contributed by atoms with Crippen LogP contribution in [0.15, 0.2) is 42.5 Å². The molecule has 2 aromatic rings. The van der Waals surface area contributed by atoms with E-state index >= 15 is 0 Å². The molecule has 1 aliphatic rings. The van der Waals surface area contributed by atoms with Crippen LogP contribution in [0.5, 0.6) is 17.2 Å². The van der Waals surface area contributed by atoms with Crippen LogP contribution in [-0.2, 0) is 11.2 Å². The number of methoxy groups -OCH3 is 3. The highest BCUT2D eigenvalue weighted by molar-refractivity contribution is 5.92. The minimum atomic E-state index is -0.120. The van der Waals surface area contributed by atoms with Crippen molar-refractivity contribution >= 4 is 12.0 Å². The van der Waals surface area contributed by atoms with Gasteiger partial charge in [-0.1, -0.05) is 24.3 Å². The molecule has 1 amide bonds. The molecule has 1 N–H and O–H groups in total. The molecule has 0 saturated carbocycles. The molecular weight excluding hydrogens is 342 g/mol. The Kier molecular flexibility index (Phi) is 6.01. The van der Waals surface area contributed by atoms with Crippen LogP contribution in [0, 0.1) is 0 Å². The summed E-state index contributed by atoms with van der Waals surface area (Å²) in [7, 11) is 4.70. The maximum absolute atomic E-state index is 12.4. The van der Waals surface area contributed by atoms with Crippen molar-refractivity contribution in [3.63, 3.8) is 0 Å². The molecule has 0 radical (unpaired) electrons. The lowest BCUT2D eigenvalue weighted by atomic mass is 9.88. The number of carbonyl (C=O) groups is 1. The number of hydrogen-bond acceptors (Lipinski definition) is 4. The van der Waals surface area contributed by atoms with E-state index in [1.165, 1.54) is 17.2 Å². The number of rotatable bonds is 6. The maximum atomic E-state index is 12.4. The van der Waals surface area contributed by atoms with E-state index < -0.39 is 0 Å². The Hall–Kier alpha value is -2.95. The zero-order valence-electron chi connectivity index (χ0n) is 16.0. The summed E-state index contributed by atoms with van der Waals surface area (Å²) in [5.74, 6) is 1.52. The molecule has 3 rings (SSSR count). The third kappa shape index (κ3) is 4.25. The lowest BCUT2D eigenvalue weighted by Gasteiger charge is -2.25. The van der Waals surface area contributed by atoms with Crippen molar-refractivity contribution in [2.45, 2.75) is 25.3 Å². The van der Waals surface area contributed by atoms with E-state index in [0.29, 0.717) is 17.2 Å². The molecule has 2 aromatic carbocycles. The van der Waals surface area contributed by atoms with Gasteiger partial charge in [0.15, 0.2) is 11.5 Å². The maximum Gasteiger partial charge on any atom is 0.244 e. The van der Waals surface area contributed by atoms with Crippen LogP contribution >= 0.6 is 0 Å². The molecule has 1 aliphatic carbocycles. The van der Waals surface area contributed by atoms with Crippen molar-refractivity contribution in [1.29, 1.82) is 0 Å². The molecule has 0 fully saturated rings. The van der Waals surface area contributed by atoms with E-state index in [4.69, 9.17) is 14.2 Å². The Morgan fingerprint density at radius 3 is 2.44 bits per heavy atom. The molecular formula is C22H25NO4. The SMILES string of the molecule is COc1cc(/C=C/C(=O)N[C@@H]2CCCc3ccccc32)cc(OC)c1OC. The summed E-state index contributed by atoms with van der Waals surface area (Å²) in [4.78, 5) is 12.4. The number of nitrogens with one attached hydrogen (secondary N) is 1. The first-order valence-corrected chi connectivity index (χ1v) is 9.02. The van der Waals surface area contributed by atoms with E-state index in [1.807, 2.05) is 12.1 Å². The van der Waals surface area contributed by atoms with Crippen molar-refractivity contribution in [3.05, 3.63) is 59.2 Å². The van der Waals surface area contributed by atoms with E-state index in [-0.39, 0.29) is 11.9 Å². The lowest BCUT2D eigenvalue weighted by molar-refractivity contribution is -0.117. The quantitative estimate of drug-likeness (QED) is 0.786. The molecule has 0 heterocycles. The normalized spacial score (nSPS) is 15.9. The van der Waals surface area contributed by atoms with Gasteiger partial charge in [-0.3, -0.25) is 4.79 Å². The van der Waals surface area contributed by atoms with Gasteiger partial charge in [0, 0.05) is 6.08 Å². The topological polar surface area (TPSA) is 56.8 Å². The average Bonchev–Trinajstić information content (AvgIpc) is 2.71. The summed E-state index contributed by atoms with van der Waals surface area (Å²) in [6.07, 6.45) is 6.40. The Bertz CT molecular complexity index is 819. The molecule has 0 spiro atoms. The molecule has 0 bridgehead atoms. The predicted molar refractivity (Wildman–Crippen MR) is 105 cm³/mol. The summed E-state index contributed by atoms with van der Waals surface area (Å²) in [5.41, 5.74) is 3.34. The number of aryl methyl sites for hydroxylation is 1. The van der Waals surface area contributed by atoms with E-state index in [0.717, 1.165) is 24.8 Å².